The molecule has 0 atom stereocenters. The van der Waals surface area contributed by atoms with E-state index in [1.807, 2.05) is 0 Å². The van der Waals surface area contributed by atoms with Gasteiger partial charge in [-0.15, -0.1) is 16.4 Å². The zero-order valence-electron chi connectivity index (χ0n) is 10.1. The summed E-state index contributed by atoms with van der Waals surface area (Å²) in [6.07, 6.45) is 0. The van der Waals surface area contributed by atoms with Gasteiger partial charge in [-0.25, -0.2) is 0 Å². The number of carbonyl (C=O) groups excluding carboxylic acids is 3. The number of nitrogens with zero attached hydrogens (tertiary/aromatic N) is 3. The predicted molar refractivity (Wildman–Crippen MR) is 62.1 cm³/mol. The van der Waals surface area contributed by atoms with Crippen molar-refractivity contribution >= 4 is 29.1 Å². The monoisotopic (exact) mass is 255 g/mol. The molecule has 0 saturated heterocycles. The molecule has 92 valence electrons. The van der Waals surface area contributed by atoms with Gasteiger partial charge in [0.05, 0.1) is 0 Å². The lowest BCUT2D eigenvalue weighted by Crippen LogP contribution is -2.33. The highest BCUT2D eigenvalue weighted by atomic mass is 32.1. The Morgan fingerprint density at radius 2 is 1.76 bits per heavy atom. The molecule has 2 amide bonds. The van der Waals surface area contributed by atoms with Crippen molar-refractivity contribution in [3.8, 4) is 0 Å². The molecule has 6 nitrogen and oxygen atoms in total. The van der Waals surface area contributed by atoms with Crippen LogP contribution in [0, 0.1) is 6.92 Å². The third-order valence-electron chi connectivity index (χ3n) is 1.98. The van der Waals surface area contributed by atoms with Crippen molar-refractivity contribution in [2.45, 2.75) is 27.7 Å². The van der Waals surface area contributed by atoms with Crippen LogP contribution < -0.4 is 4.80 Å². The quantitative estimate of drug-likeness (QED) is 0.694. The van der Waals surface area contributed by atoms with Crippen LogP contribution in [0.15, 0.2) is 10.5 Å². The van der Waals surface area contributed by atoms with Crippen molar-refractivity contribution in [1.82, 2.24) is 9.58 Å². The van der Waals surface area contributed by atoms with Crippen LogP contribution in [0.3, 0.4) is 0 Å². The van der Waals surface area contributed by atoms with Crippen molar-refractivity contribution in [1.29, 1.82) is 0 Å². The van der Waals surface area contributed by atoms with Crippen LogP contribution in [0.2, 0.25) is 0 Å². The van der Waals surface area contributed by atoms with Gasteiger partial charge in [0.15, 0.2) is 0 Å². The first-order chi connectivity index (χ1) is 7.84. The van der Waals surface area contributed by atoms with E-state index >= 15 is 0 Å². The van der Waals surface area contributed by atoms with Crippen LogP contribution in [0.1, 0.15) is 31.3 Å². The molecule has 0 saturated carbocycles. The summed E-state index contributed by atoms with van der Waals surface area (Å²) < 4.78 is 1.35. The van der Waals surface area contributed by atoms with Crippen LogP contribution in [-0.4, -0.2) is 27.3 Å². The lowest BCUT2D eigenvalue weighted by Gasteiger charge is -2.09. The molecule has 0 aromatic carbocycles. The van der Waals surface area contributed by atoms with E-state index in [-0.39, 0.29) is 5.91 Å². The van der Waals surface area contributed by atoms with Crippen LogP contribution in [0.25, 0.3) is 0 Å². The molecule has 1 rings (SSSR count). The van der Waals surface area contributed by atoms with Gasteiger partial charge in [0.2, 0.25) is 22.5 Å². The molecular weight excluding hydrogens is 242 g/mol. The van der Waals surface area contributed by atoms with Crippen LogP contribution >= 0.6 is 11.3 Å². The molecule has 1 aromatic heterocycles. The molecule has 7 heteroatoms. The Morgan fingerprint density at radius 1 is 1.24 bits per heavy atom. The highest BCUT2D eigenvalue weighted by Crippen LogP contribution is 2.01. The average molecular weight is 255 g/mol. The maximum atomic E-state index is 11.4. The Balaban J connectivity index is 3.37. The Morgan fingerprint density at radius 3 is 2.18 bits per heavy atom. The summed E-state index contributed by atoms with van der Waals surface area (Å²) in [6.45, 7) is 5.63. The molecule has 0 fully saturated rings. The van der Waals surface area contributed by atoms with E-state index in [4.69, 9.17) is 0 Å². The molecule has 0 unspecified atom stereocenters. The van der Waals surface area contributed by atoms with Gasteiger partial charge in [0.25, 0.3) is 0 Å². The molecule has 0 spiro atoms. The summed E-state index contributed by atoms with van der Waals surface area (Å²) in [5.41, 5.74) is 0.716. The van der Waals surface area contributed by atoms with Crippen molar-refractivity contribution in [2.24, 2.45) is 5.10 Å². The van der Waals surface area contributed by atoms with Crippen molar-refractivity contribution in [3.05, 3.63) is 15.9 Å². The highest BCUT2D eigenvalue weighted by Gasteiger charge is 2.14. The molecule has 0 aliphatic rings. The smallest absolute Gasteiger partial charge is 0.246 e. The third kappa shape index (κ3) is 2.88. The lowest BCUT2D eigenvalue weighted by molar-refractivity contribution is -0.142. The van der Waals surface area contributed by atoms with Crippen LogP contribution in [0.5, 0.6) is 0 Å². The van der Waals surface area contributed by atoms with Crippen molar-refractivity contribution in [2.75, 3.05) is 0 Å². The highest BCUT2D eigenvalue weighted by molar-refractivity contribution is 7.07. The van der Waals surface area contributed by atoms with Gasteiger partial charge in [0.1, 0.15) is 0 Å². The number of hydrogen-bond donors (Lipinski definition) is 0. The van der Waals surface area contributed by atoms with E-state index in [1.165, 1.54) is 36.7 Å². The summed E-state index contributed by atoms with van der Waals surface area (Å²) in [5, 5.41) is 6.37. The molecular formula is C10H13N3O3S. The molecule has 1 heterocycles. The first kappa shape index (κ1) is 13.3. The Bertz CT molecular complexity index is 527. The van der Waals surface area contributed by atoms with Gasteiger partial charge < -0.3 is 0 Å². The Labute approximate surface area is 102 Å². The molecule has 0 aliphatic heterocycles. The van der Waals surface area contributed by atoms with Crippen molar-refractivity contribution < 1.29 is 14.4 Å². The number of imide groups is 1. The fourth-order valence-corrected chi connectivity index (χ4v) is 2.18. The number of amides is 2. The SMILES string of the molecule is CC(=O)N(N=c1scc(C)n1C(C)=O)C(C)=O. The standard InChI is InChI=1S/C10H13N3O3S/c1-6-5-17-10(12(6)7(2)14)11-13(8(3)15)9(4)16/h5H,1-4H3. The number of aromatic nitrogens is 1. The Hall–Kier alpha value is -1.76. The molecule has 0 bridgehead atoms. The maximum Gasteiger partial charge on any atom is 0.246 e. The predicted octanol–water partition coefficient (Wildman–Crippen LogP) is 0.729. The van der Waals surface area contributed by atoms with Gasteiger partial charge in [-0.05, 0) is 6.92 Å². The van der Waals surface area contributed by atoms with Gasteiger partial charge in [-0.3, -0.25) is 19.0 Å². The number of carbonyl (C=O) groups is 3. The number of hydrogen-bond acceptors (Lipinski definition) is 5. The van der Waals surface area contributed by atoms with E-state index in [0.29, 0.717) is 10.5 Å². The van der Waals surface area contributed by atoms with E-state index in [0.717, 1.165) is 5.01 Å². The molecule has 0 radical (unpaired) electrons. The van der Waals surface area contributed by atoms with E-state index in [9.17, 15) is 14.4 Å². The van der Waals surface area contributed by atoms with E-state index in [2.05, 4.69) is 5.10 Å². The minimum absolute atomic E-state index is 0.213. The molecule has 1 aromatic rings. The van der Waals surface area contributed by atoms with Crippen LogP contribution in [-0.2, 0) is 9.59 Å². The van der Waals surface area contributed by atoms with Crippen molar-refractivity contribution in [3.63, 3.8) is 0 Å². The normalized spacial score (nSPS) is 11.4. The molecule has 17 heavy (non-hydrogen) atoms. The minimum Gasteiger partial charge on any atom is -0.274 e. The topological polar surface area (TPSA) is 71.7 Å². The number of rotatable bonds is 1. The largest absolute Gasteiger partial charge is 0.274 e. The fraction of sp³-hybridized carbons (Fsp3) is 0.400. The first-order valence-corrected chi connectivity index (χ1v) is 5.76. The summed E-state index contributed by atoms with van der Waals surface area (Å²) in [6, 6.07) is 0. The summed E-state index contributed by atoms with van der Waals surface area (Å²) in [7, 11) is 0. The van der Waals surface area contributed by atoms with Gasteiger partial charge in [0, 0.05) is 31.8 Å². The Kier molecular flexibility index (Phi) is 3.95. The minimum atomic E-state index is -0.487. The lowest BCUT2D eigenvalue weighted by atomic mass is 10.5. The number of aryl methyl sites for hydroxylation is 1. The zero-order valence-corrected chi connectivity index (χ0v) is 10.9. The first-order valence-electron chi connectivity index (χ1n) is 4.88. The zero-order chi connectivity index (χ0) is 13.2. The fourth-order valence-electron chi connectivity index (χ4n) is 1.29. The van der Waals surface area contributed by atoms with E-state index < -0.39 is 11.8 Å². The average Bonchev–Trinajstić information content (AvgIpc) is 2.54. The van der Waals surface area contributed by atoms with Gasteiger partial charge in [-0.1, -0.05) is 0 Å². The molecule has 0 aliphatic carbocycles. The third-order valence-corrected chi connectivity index (χ3v) is 2.91. The van der Waals surface area contributed by atoms with E-state index in [1.54, 1.807) is 12.3 Å². The van der Waals surface area contributed by atoms with Crippen LogP contribution in [0.4, 0.5) is 0 Å². The second-order valence-electron chi connectivity index (χ2n) is 3.46. The molecule has 0 N–H and O–H groups in total. The summed E-state index contributed by atoms with van der Waals surface area (Å²) >= 11 is 1.20. The van der Waals surface area contributed by atoms with Gasteiger partial charge >= 0.3 is 0 Å². The second kappa shape index (κ2) is 5.05. The summed E-state index contributed by atoms with van der Waals surface area (Å²) in [5.74, 6) is -1.19. The summed E-state index contributed by atoms with van der Waals surface area (Å²) in [4.78, 5) is 34.1. The second-order valence-corrected chi connectivity index (χ2v) is 4.30. The number of thiazole rings is 1. The maximum absolute atomic E-state index is 11.4. The van der Waals surface area contributed by atoms with Gasteiger partial charge in [-0.2, -0.15) is 5.01 Å².